The molecular weight excluding hydrogens is 575 g/mol. The molecule has 2 saturated carbocycles. The number of hydrogen-bond donors (Lipinski definition) is 1. The zero-order chi connectivity index (χ0) is 31.4. The van der Waals surface area contributed by atoms with Gasteiger partial charge in [-0.1, -0.05) is 136 Å². The summed E-state index contributed by atoms with van der Waals surface area (Å²) in [6.07, 6.45) is 3.41. The van der Waals surface area contributed by atoms with Gasteiger partial charge in [0.25, 0.3) is 5.91 Å². The van der Waals surface area contributed by atoms with E-state index in [2.05, 4.69) is 98.9 Å². The maximum atomic E-state index is 14.5. The first kappa shape index (κ1) is 31.2. The number of esters is 1. The first-order valence-electron chi connectivity index (χ1n) is 16.3. The molecule has 0 saturated heterocycles. The lowest BCUT2D eigenvalue weighted by Crippen LogP contribution is -2.49. The van der Waals surface area contributed by atoms with Crippen LogP contribution in [0.5, 0.6) is 0 Å². The van der Waals surface area contributed by atoms with Crippen LogP contribution in [-0.2, 0) is 14.3 Å². The lowest BCUT2D eigenvalue weighted by molar-refractivity contribution is -0.159. The van der Waals surface area contributed by atoms with Crippen LogP contribution in [0.15, 0.2) is 121 Å². The number of nitrogens with one attached hydrogen (secondary N) is 1. The molecule has 5 atom stereocenters. The molecule has 0 radical (unpaired) electrons. The van der Waals surface area contributed by atoms with Crippen molar-refractivity contribution in [1.82, 2.24) is 5.32 Å². The molecule has 1 N–H and O–H groups in total. The average molecular weight is 618 g/mol. The Labute approximate surface area is 272 Å². The summed E-state index contributed by atoms with van der Waals surface area (Å²) in [5.74, 6) is 0.666. The van der Waals surface area contributed by atoms with Crippen LogP contribution in [0, 0.1) is 17.8 Å². The number of rotatable bonds is 10. The highest BCUT2D eigenvalue weighted by Crippen LogP contribution is 2.59. The number of carbonyl (C=O) groups is 2. The lowest BCUT2D eigenvalue weighted by atomic mass is 9.75. The van der Waals surface area contributed by atoms with Crippen LogP contribution in [0.2, 0.25) is 0 Å². The van der Waals surface area contributed by atoms with Crippen molar-refractivity contribution in [3.8, 4) is 0 Å². The Hall–Kier alpha value is -3.83. The maximum absolute atomic E-state index is 14.5. The maximum Gasteiger partial charge on any atom is 0.333 e. The van der Waals surface area contributed by atoms with Gasteiger partial charge in [0.15, 0.2) is 5.54 Å². The second-order valence-electron chi connectivity index (χ2n) is 13.2. The van der Waals surface area contributed by atoms with Crippen molar-refractivity contribution in [2.75, 3.05) is 0 Å². The quantitative estimate of drug-likeness (QED) is 0.143. The van der Waals surface area contributed by atoms with Crippen LogP contribution in [0.25, 0.3) is 0 Å². The smallest absolute Gasteiger partial charge is 0.333 e. The normalized spacial score (nSPS) is 24.5. The molecule has 0 aliphatic heterocycles. The SMILES string of the molecule is CC(C)[C@@H]1CC[C@@H](C)C[C@H]1OC(=O)[C@]1(NC(=O)c2ccccc2)C[C@H]1SC(c1ccccc1)(c1ccccc1)c1ccccc1. The molecule has 6 rings (SSSR count). The van der Waals surface area contributed by atoms with Gasteiger partial charge in [-0.25, -0.2) is 4.79 Å². The molecule has 0 bridgehead atoms. The minimum absolute atomic E-state index is 0.153. The highest BCUT2D eigenvalue weighted by atomic mass is 32.2. The minimum atomic E-state index is -1.14. The molecule has 2 aliphatic rings. The second-order valence-corrected chi connectivity index (χ2v) is 14.6. The summed E-state index contributed by atoms with van der Waals surface area (Å²) in [6.45, 7) is 6.68. The lowest BCUT2D eigenvalue weighted by Gasteiger charge is -2.38. The molecule has 232 valence electrons. The van der Waals surface area contributed by atoms with Crippen LogP contribution < -0.4 is 5.32 Å². The van der Waals surface area contributed by atoms with Crippen molar-refractivity contribution >= 4 is 23.6 Å². The highest BCUT2D eigenvalue weighted by molar-refractivity contribution is 8.01. The van der Waals surface area contributed by atoms with Crippen molar-refractivity contribution in [1.29, 1.82) is 0 Å². The van der Waals surface area contributed by atoms with Gasteiger partial charge in [-0.3, -0.25) is 4.79 Å². The number of benzene rings is 4. The molecule has 0 unspecified atom stereocenters. The summed E-state index contributed by atoms with van der Waals surface area (Å²) < 4.78 is 5.88. The molecule has 0 aromatic heterocycles. The molecule has 0 spiro atoms. The van der Waals surface area contributed by atoms with E-state index in [0.29, 0.717) is 29.7 Å². The van der Waals surface area contributed by atoms with E-state index in [-0.39, 0.29) is 23.2 Å². The first-order valence-corrected chi connectivity index (χ1v) is 17.1. The minimum Gasteiger partial charge on any atom is -0.460 e. The van der Waals surface area contributed by atoms with Gasteiger partial charge in [0.2, 0.25) is 0 Å². The van der Waals surface area contributed by atoms with Crippen molar-refractivity contribution in [3.63, 3.8) is 0 Å². The Balaban J connectivity index is 1.41. The topological polar surface area (TPSA) is 55.4 Å². The largest absolute Gasteiger partial charge is 0.460 e. The summed E-state index contributed by atoms with van der Waals surface area (Å²) in [5.41, 5.74) is 2.77. The number of ether oxygens (including phenoxy) is 1. The number of hydrogen-bond acceptors (Lipinski definition) is 4. The fourth-order valence-corrected chi connectivity index (χ4v) is 9.01. The summed E-state index contributed by atoms with van der Waals surface area (Å²) in [7, 11) is 0. The van der Waals surface area contributed by atoms with E-state index in [0.717, 1.165) is 36.0 Å². The monoisotopic (exact) mass is 617 g/mol. The van der Waals surface area contributed by atoms with Gasteiger partial charge in [0, 0.05) is 10.8 Å². The van der Waals surface area contributed by atoms with Gasteiger partial charge in [-0.05, 0) is 65.8 Å². The molecule has 5 heteroatoms. The van der Waals surface area contributed by atoms with Crippen molar-refractivity contribution in [3.05, 3.63) is 144 Å². The molecule has 4 nitrogen and oxygen atoms in total. The molecule has 1 amide bonds. The third-order valence-electron chi connectivity index (χ3n) is 9.71. The Bertz CT molecular complexity index is 1480. The number of carbonyl (C=O) groups excluding carboxylic acids is 2. The van der Waals surface area contributed by atoms with Crippen LogP contribution in [0.1, 0.15) is 73.5 Å². The Morgan fingerprint density at radius 2 is 1.27 bits per heavy atom. The second kappa shape index (κ2) is 13.3. The third-order valence-corrected chi connectivity index (χ3v) is 11.6. The summed E-state index contributed by atoms with van der Waals surface area (Å²) in [6, 6.07) is 40.6. The van der Waals surface area contributed by atoms with E-state index in [1.54, 1.807) is 23.9 Å². The van der Waals surface area contributed by atoms with E-state index in [1.807, 2.05) is 36.4 Å². The predicted molar refractivity (Wildman–Crippen MR) is 183 cm³/mol. The Morgan fingerprint density at radius 1 is 0.778 bits per heavy atom. The molecule has 0 heterocycles. The van der Waals surface area contributed by atoms with E-state index in [1.165, 1.54) is 0 Å². The van der Waals surface area contributed by atoms with Gasteiger partial charge in [-0.15, -0.1) is 11.8 Å². The summed E-state index contributed by atoms with van der Waals surface area (Å²) in [5, 5.41) is 3.01. The molecule has 4 aromatic rings. The molecule has 4 aromatic carbocycles. The molecule has 2 aliphatic carbocycles. The fraction of sp³-hybridized carbons (Fsp3) is 0.350. The van der Waals surface area contributed by atoms with Crippen LogP contribution in [0.4, 0.5) is 0 Å². The molecule has 45 heavy (non-hydrogen) atoms. The van der Waals surface area contributed by atoms with E-state index in [4.69, 9.17) is 4.74 Å². The first-order chi connectivity index (χ1) is 21.8. The van der Waals surface area contributed by atoms with Gasteiger partial charge in [-0.2, -0.15) is 0 Å². The number of thioether (sulfide) groups is 1. The van der Waals surface area contributed by atoms with Gasteiger partial charge < -0.3 is 10.1 Å². The average Bonchev–Trinajstić information content (AvgIpc) is 3.77. The van der Waals surface area contributed by atoms with Crippen LogP contribution in [0.3, 0.4) is 0 Å². The fourth-order valence-electron chi connectivity index (χ4n) is 7.07. The Kier molecular flexibility index (Phi) is 9.18. The van der Waals surface area contributed by atoms with Crippen LogP contribution >= 0.6 is 11.8 Å². The summed E-state index contributed by atoms with van der Waals surface area (Å²) >= 11 is 1.74. The van der Waals surface area contributed by atoms with Crippen LogP contribution in [-0.4, -0.2) is 28.8 Å². The predicted octanol–water partition coefficient (Wildman–Crippen LogP) is 8.66. The zero-order valence-corrected chi connectivity index (χ0v) is 27.2. The number of amides is 1. The standard InChI is InChI=1S/C40H43NO3S/c1-28(2)34-25-24-29(3)26-35(34)44-38(43)39(41-37(42)30-16-8-4-9-17-30)27-36(39)45-40(31-18-10-5-11-19-31,32-20-12-6-13-21-32)33-22-14-7-15-23-33/h4-23,28-29,34-36H,24-27H2,1-3H3,(H,41,42)/t29-,34+,35-,36-,39+/m1/s1. The van der Waals surface area contributed by atoms with E-state index in [9.17, 15) is 9.59 Å². The van der Waals surface area contributed by atoms with Gasteiger partial charge in [0.05, 0.1) is 4.75 Å². The Morgan fingerprint density at radius 3 is 1.76 bits per heavy atom. The molecular formula is C40H43NO3S. The van der Waals surface area contributed by atoms with Crippen molar-refractivity contribution in [2.45, 2.75) is 68.1 Å². The third kappa shape index (κ3) is 6.33. The summed E-state index contributed by atoms with van der Waals surface area (Å²) in [4.78, 5) is 28.2. The molecule has 2 fully saturated rings. The van der Waals surface area contributed by atoms with E-state index < -0.39 is 10.3 Å². The van der Waals surface area contributed by atoms with Gasteiger partial charge in [0.1, 0.15) is 6.10 Å². The van der Waals surface area contributed by atoms with E-state index >= 15 is 0 Å². The zero-order valence-electron chi connectivity index (χ0n) is 26.4. The highest BCUT2D eigenvalue weighted by Gasteiger charge is 2.66. The van der Waals surface area contributed by atoms with Gasteiger partial charge >= 0.3 is 5.97 Å². The van der Waals surface area contributed by atoms with Crippen molar-refractivity contribution < 1.29 is 14.3 Å². The van der Waals surface area contributed by atoms with Crippen molar-refractivity contribution in [2.24, 2.45) is 17.8 Å².